The van der Waals surface area contributed by atoms with Crippen LogP contribution in [0, 0.1) is 5.82 Å². The minimum Gasteiger partial charge on any atom is -0.489 e. The zero-order chi connectivity index (χ0) is 13.8. The van der Waals surface area contributed by atoms with Crippen molar-refractivity contribution in [2.45, 2.75) is 19.6 Å². The molecule has 0 amide bonds. The summed E-state index contributed by atoms with van der Waals surface area (Å²) in [5, 5.41) is 0.103. The van der Waals surface area contributed by atoms with E-state index in [4.69, 9.17) is 22.1 Å². The van der Waals surface area contributed by atoms with Crippen molar-refractivity contribution in [3.8, 4) is 5.75 Å². The predicted molar refractivity (Wildman–Crippen MR) is 74.8 cm³/mol. The molecule has 4 heteroatoms. The van der Waals surface area contributed by atoms with Gasteiger partial charge in [-0.15, -0.1) is 0 Å². The zero-order valence-corrected chi connectivity index (χ0v) is 11.3. The first kappa shape index (κ1) is 13.8. The van der Waals surface area contributed by atoms with Gasteiger partial charge < -0.3 is 10.5 Å². The maximum Gasteiger partial charge on any atom is 0.142 e. The number of halogens is 2. The molecule has 2 N–H and O–H groups in total. The van der Waals surface area contributed by atoms with Crippen LogP contribution in [0.4, 0.5) is 4.39 Å². The van der Waals surface area contributed by atoms with Crippen LogP contribution in [0.5, 0.6) is 5.75 Å². The van der Waals surface area contributed by atoms with Gasteiger partial charge in [0.15, 0.2) is 0 Å². The summed E-state index contributed by atoms with van der Waals surface area (Å²) in [5.74, 6) is 0.252. The van der Waals surface area contributed by atoms with Gasteiger partial charge in [-0.1, -0.05) is 35.9 Å². The second-order valence-electron chi connectivity index (χ2n) is 4.36. The highest BCUT2D eigenvalue weighted by Crippen LogP contribution is 2.23. The second-order valence-corrected chi connectivity index (χ2v) is 4.74. The Morgan fingerprint density at radius 2 is 2.00 bits per heavy atom. The molecule has 2 aromatic rings. The largest absolute Gasteiger partial charge is 0.489 e. The summed E-state index contributed by atoms with van der Waals surface area (Å²) in [5.41, 5.74) is 7.41. The van der Waals surface area contributed by atoms with Crippen molar-refractivity contribution in [2.75, 3.05) is 0 Å². The molecule has 0 unspecified atom stereocenters. The number of hydrogen-bond acceptors (Lipinski definition) is 2. The fourth-order valence-electron chi connectivity index (χ4n) is 1.71. The summed E-state index contributed by atoms with van der Waals surface area (Å²) in [7, 11) is 0. The van der Waals surface area contributed by atoms with Gasteiger partial charge in [0.1, 0.15) is 18.2 Å². The summed E-state index contributed by atoms with van der Waals surface area (Å²) in [6.45, 7) is 2.13. The zero-order valence-electron chi connectivity index (χ0n) is 10.6. The predicted octanol–water partition coefficient (Wildman–Crippen LogP) is 4.08. The van der Waals surface area contributed by atoms with E-state index in [-0.39, 0.29) is 17.7 Å². The molecule has 0 radical (unpaired) electrons. The number of ether oxygens (including phenoxy) is 1. The van der Waals surface area contributed by atoms with Gasteiger partial charge in [-0.2, -0.15) is 0 Å². The smallest absolute Gasteiger partial charge is 0.142 e. The normalized spacial score (nSPS) is 12.2. The maximum atomic E-state index is 13.3. The third-order valence-electron chi connectivity index (χ3n) is 2.81. The van der Waals surface area contributed by atoms with E-state index >= 15 is 0 Å². The molecular formula is C15H15ClFNO. The molecular weight excluding hydrogens is 265 g/mol. The molecule has 0 saturated carbocycles. The first-order chi connectivity index (χ1) is 9.08. The van der Waals surface area contributed by atoms with E-state index in [1.807, 2.05) is 31.2 Å². The van der Waals surface area contributed by atoms with Crippen molar-refractivity contribution in [1.29, 1.82) is 0 Å². The lowest BCUT2D eigenvalue weighted by atomic mass is 10.1. The Hall–Kier alpha value is -1.58. The number of hydrogen-bond donors (Lipinski definition) is 1. The topological polar surface area (TPSA) is 35.2 Å². The van der Waals surface area contributed by atoms with Gasteiger partial charge in [0.05, 0.1) is 5.02 Å². The monoisotopic (exact) mass is 279 g/mol. The minimum atomic E-state index is -0.438. The molecule has 0 aromatic heterocycles. The molecule has 0 saturated heterocycles. The van der Waals surface area contributed by atoms with E-state index in [0.717, 1.165) is 5.56 Å². The van der Waals surface area contributed by atoms with E-state index < -0.39 is 5.82 Å². The van der Waals surface area contributed by atoms with Crippen molar-refractivity contribution in [3.05, 3.63) is 64.4 Å². The van der Waals surface area contributed by atoms with E-state index in [1.54, 1.807) is 12.1 Å². The third-order valence-corrected chi connectivity index (χ3v) is 3.23. The van der Waals surface area contributed by atoms with Gasteiger partial charge in [-0.25, -0.2) is 4.39 Å². The first-order valence-corrected chi connectivity index (χ1v) is 6.37. The van der Waals surface area contributed by atoms with Crippen LogP contribution in [-0.2, 0) is 6.61 Å². The van der Waals surface area contributed by atoms with Gasteiger partial charge in [0.25, 0.3) is 0 Å². The summed E-state index contributed by atoms with van der Waals surface area (Å²) < 4.78 is 18.9. The van der Waals surface area contributed by atoms with Crippen molar-refractivity contribution in [2.24, 2.45) is 5.73 Å². The molecule has 2 rings (SSSR count). The molecule has 2 aromatic carbocycles. The fourth-order valence-corrected chi connectivity index (χ4v) is 1.89. The van der Waals surface area contributed by atoms with Gasteiger partial charge in [0.2, 0.25) is 0 Å². The van der Waals surface area contributed by atoms with Crippen LogP contribution in [0.2, 0.25) is 5.02 Å². The Morgan fingerprint density at radius 1 is 1.26 bits per heavy atom. The highest BCUT2D eigenvalue weighted by Gasteiger charge is 2.07. The molecule has 19 heavy (non-hydrogen) atoms. The molecule has 0 fully saturated rings. The molecule has 0 bridgehead atoms. The molecule has 1 atom stereocenters. The average molecular weight is 280 g/mol. The maximum absolute atomic E-state index is 13.3. The average Bonchev–Trinajstić information content (AvgIpc) is 2.41. The lowest BCUT2D eigenvalue weighted by Crippen LogP contribution is -2.05. The van der Waals surface area contributed by atoms with Crippen LogP contribution in [-0.4, -0.2) is 0 Å². The Morgan fingerprint density at radius 3 is 2.74 bits per heavy atom. The second kappa shape index (κ2) is 6.04. The Bertz CT molecular complexity index is 572. The van der Waals surface area contributed by atoms with Gasteiger partial charge >= 0.3 is 0 Å². The molecule has 0 spiro atoms. The van der Waals surface area contributed by atoms with Gasteiger partial charge in [0, 0.05) is 11.6 Å². The van der Waals surface area contributed by atoms with Crippen LogP contribution in [0.25, 0.3) is 0 Å². The summed E-state index contributed by atoms with van der Waals surface area (Å²) in [4.78, 5) is 0. The third kappa shape index (κ3) is 3.46. The van der Waals surface area contributed by atoms with Crippen LogP contribution < -0.4 is 10.5 Å². The van der Waals surface area contributed by atoms with Crippen LogP contribution in [0.1, 0.15) is 24.1 Å². The van der Waals surface area contributed by atoms with E-state index in [1.165, 1.54) is 6.07 Å². The fraction of sp³-hybridized carbons (Fsp3) is 0.200. The number of rotatable bonds is 4. The van der Waals surface area contributed by atoms with Crippen molar-refractivity contribution in [3.63, 3.8) is 0 Å². The standard InChI is InChI=1S/C15H15ClFNO/c1-10(18)11-4-2-6-13(8-11)19-9-12-5-3-7-14(17)15(12)16/h2-8,10H,9,18H2,1H3/t10-/m1/s1. The first-order valence-electron chi connectivity index (χ1n) is 5.99. The lowest BCUT2D eigenvalue weighted by Gasteiger charge is -2.11. The van der Waals surface area contributed by atoms with Crippen molar-refractivity contribution >= 4 is 11.6 Å². The van der Waals surface area contributed by atoms with E-state index in [0.29, 0.717) is 11.3 Å². The van der Waals surface area contributed by atoms with E-state index in [2.05, 4.69) is 0 Å². The lowest BCUT2D eigenvalue weighted by molar-refractivity contribution is 0.305. The summed E-state index contributed by atoms with van der Waals surface area (Å²) >= 11 is 5.87. The quantitative estimate of drug-likeness (QED) is 0.915. The SMILES string of the molecule is C[C@@H](N)c1cccc(OCc2cccc(F)c2Cl)c1. The molecule has 2 nitrogen and oxygen atoms in total. The van der Waals surface area contributed by atoms with Crippen LogP contribution in [0.15, 0.2) is 42.5 Å². The number of nitrogens with two attached hydrogens (primary N) is 1. The van der Waals surface area contributed by atoms with E-state index in [9.17, 15) is 4.39 Å². The van der Waals surface area contributed by atoms with Gasteiger partial charge in [-0.05, 0) is 30.7 Å². The minimum absolute atomic E-state index is 0.0543. The Kier molecular flexibility index (Phi) is 4.40. The molecule has 0 aliphatic rings. The molecule has 0 aliphatic carbocycles. The summed E-state index contributed by atoms with van der Waals surface area (Å²) in [6, 6.07) is 12.1. The van der Waals surface area contributed by atoms with Crippen LogP contribution >= 0.6 is 11.6 Å². The molecule has 0 heterocycles. The summed E-state index contributed by atoms with van der Waals surface area (Å²) in [6.07, 6.45) is 0. The number of benzene rings is 2. The molecule has 0 aliphatic heterocycles. The Labute approximate surface area is 117 Å². The highest BCUT2D eigenvalue weighted by atomic mass is 35.5. The van der Waals surface area contributed by atoms with Gasteiger partial charge in [-0.3, -0.25) is 0 Å². The highest BCUT2D eigenvalue weighted by molar-refractivity contribution is 6.31. The Balaban J connectivity index is 2.10. The van der Waals surface area contributed by atoms with Crippen molar-refractivity contribution in [1.82, 2.24) is 0 Å². The molecule has 100 valence electrons. The van der Waals surface area contributed by atoms with Crippen molar-refractivity contribution < 1.29 is 9.13 Å². The van der Waals surface area contributed by atoms with Crippen LogP contribution in [0.3, 0.4) is 0 Å².